The molecule has 2 fully saturated rings. The number of aromatic nitrogens is 2. The Morgan fingerprint density at radius 3 is 3.13 bits per heavy atom. The van der Waals surface area contributed by atoms with Gasteiger partial charge in [0.05, 0.1) is 12.8 Å². The number of ether oxygens (including phenoxy) is 1. The van der Waals surface area contributed by atoms with Gasteiger partial charge in [-0.25, -0.2) is 0 Å². The second-order valence-electron chi connectivity index (χ2n) is 6.83. The van der Waals surface area contributed by atoms with Crippen LogP contribution in [0.5, 0.6) is 0 Å². The minimum absolute atomic E-state index is 0.379. The molecule has 2 saturated heterocycles. The molecule has 1 spiro atoms. The molecule has 6 heteroatoms. The molecule has 128 valence electrons. The summed E-state index contributed by atoms with van der Waals surface area (Å²) in [5, 5.41) is 10.5. The largest absolute Gasteiger partial charge is 0.381 e. The van der Waals surface area contributed by atoms with Gasteiger partial charge in [-0.3, -0.25) is 10.1 Å². The van der Waals surface area contributed by atoms with E-state index in [0.29, 0.717) is 5.41 Å². The van der Waals surface area contributed by atoms with Crippen LogP contribution in [0.1, 0.15) is 37.4 Å². The summed E-state index contributed by atoms with van der Waals surface area (Å²) in [5.41, 5.74) is 2.85. The summed E-state index contributed by atoms with van der Waals surface area (Å²) in [6.07, 6.45) is 6.43. The van der Waals surface area contributed by atoms with Crippen molar-refractivity contribution in [2.75, 3.05) is 39.4 Å². The van der Waals surface area contributed by atoms with Gasteiger partial charge in [0.1, 0.15) is 0 Å². The van der Waals surface area contributed by atoms with Crippen LogP contribution in [0.25, 0.3) is 0 Å². The summed E-state index contributed by atoms with van der Waals surface area (Å²) < 4.78 is 5.63. The fourth-order valence-electron chi connectivity index (χ4n) is 3.60. The Morgan fingerprint density at radius 1 is 1.52 bits per heavy atom. The number of H-pyrrole nitrogens is 1. The zero-order valence-corrected chi connectivity index (χ0v) is 14.4. The first-order valence-electron chi connectivity index (χ1n) is 8.82. The van der Waals surface area contributed by atoms with E-state index in [9.17, 15) is 0 Å². The summed E-state index contributed by atoms with van der Waals surface area (Å²) in [6, 6.07) is 0. The average Bonchev–Trinajstić information content (AvgIpc) is 3.27. The van der Waals surface area contributed by atoms with Crippen LogP contribution in [0.3, 0.4) is 0 Å². The van der Waals surface area contributed by atoms with E-state index in [2.05, 4.69) is 34.3 Å². The molecule has 2 aliphatic rings. The van der Waals surface area contributed by atoms with Crippen LogP contribution in [0, 0.1) is 12.3 Å². The van der Waals surface area contributed by atoms with Gasteiger partial charge in [-0.05, 0) is 45.1 Å². The van der Waals surface area contributed by atoms with Gasteiger partial charge in [-0.15, -0.1) is 0 Å². The molecule has 0 saturated carbocycles. The van der Waals surface area contributed by atoms with Gasteiger partial charge in [-0.1, -0.05) is 0 Å². The summed E-state index contributed by atoms with van der Waals surface area (Å²) in [5.74, 6) is 1.07. The van der Waals surface area contributed by atoms with Gasteiger partial charge in [-0.2, -0.15) is 5.10 Å². The van der Waals surface area contributed by atoms with E-state index in [-0.39, 0.29) is 0 Å². The van der Waals surface area contributed by atoms with Crippen LogP contribution in [-0.2, 0) is 11.2 Å². The standard InChI is InChI=1S/C17H29N5O/c1-3-18-16(19-8-4-5-15-11-20-21-14(15)2)22-9-6-17(12-22)7-10-23-13-17/h11H,3-10,12-13H2,1-2H3,(H,18,19)(H,20,21). The Bertz CT molecular complexity index is 533. The predicted molar refractivity (Wildman–Crippen MR) is 91.7 cm³/mol. The smallest absolute Gasteiger partial charge is 0.193 e. The number of aromatic amines is 1. The van der Waals surface area contributed by atoms with Gasteiger partial charge in [0.15, 0.2) is 5.96 Å². The van der Waals surface area contributed by atoms with Crippen LogP contribution in [0.4, 0.5) is 0 Å². The Labute approximate surface area is 138 Å². The fourth-order valence-corrected chi connectivity index (χ4v) is 3.60. The van der Waals surface area contributed by atoms with Gasteiger partial charge >= 0.3 is 0 Å². The second-order valence-corrected chi connectivity index (χ2v) is 6.83. The molecular formula is C17H29N5O. The van der Waals surface area contributed by atoms with E-state index in [1.54, 1.807) is 0 Å². The van der Waals surface area contributed by atoms with E-state index in [4.69, 9.17) is 9.73 Å². The first kappa shape index (κ1) is 16.3. The van der Waals surface area contributed by atoms with Gasteiger partial charge in [0.25, 0.3) is 0 Å². The zero-order chi connectivity index (χ0) is 16.1. The van der Waals surface area contributed by atoms with Crippen molar-refractivity contribution in [1.29, 1.82) is 0 Å². The third kappa shape index (κ3) is 3.86. The highest BCUT2D eigenvalue weighted by Gasteiger charge is 2.42. The van der Waals surface area contributed by atoms with E-state index >= 15 is 0 Å². The number of likely N-dealkylation sites (tertiary alicyclic amines) is 1. The molecule has 1 aromatic rings. The van der Waals surface area contributed by atoms with Crippen molar-refractivity contribution < 1.29 is 4.74 Å². The summed E-state index contributed by atoms with van der Waals surface area (Å²) in [6.45, 7) is 9.99. The number of nitrogens with one attached hydrogen (secondary N) is 2. The SMILES string of the molecule is CCNC(=NCCCc1cn[nH]c1C)N1CCC2(CCOC2)C1. The molecular weight excluding hydrogens is 290 g/mol. The van der Waals surface area contributed by atoms with E-state index in [0.717, 1.165) is 58.2 Å². The maximum absolute atomic E-state index is 5.63. The molecule has 1 aromatic heterocycles. The van der Waals surface area contributed by atoms with Crippen molar-refractivity contribution in [3.05, 3.63) is 17.5 Å². The first-order valence-corrected chi connectivity index (χ1v) is 8.82. The fraction of sp³-hybridized carbons (Fsp3) is 0.765. The van der Waals surface area contributed by atoms with Crippen LogP contribution < -0.4 is 5.32 Å². The third-order valence-electron chi connectivity index (χ3n) is 5.06. The van der Waals surface area contributed by atoms with Crippen molar-refractivity contribution in [1.82, 2.24) is 20.4 Å². The maximum atomic E-state index is 5.63. The second kappa shape index (κ2) is 7.34. The number of aryl methyl sites for hydroxylation is 2. The average molecular weight is 319 g/mol. The molecule has 23 heavy (non-hydrogen) atoms. The Balaban J connectivity index is 1.52. The molecule has 1 unspecified atom stereocenters. The minimum atomic E-state index is 0.379. The number of rotatable bonds is 5. The molecule has 3 rings (SSSR count). The first-order chi connectivity index (χ1) is 11.2. The molecule has 6 nitrogen and oxygen atoms in total. The van der Waals surface area contributed by atoms with Crippen molar-refractivity contribution in [2.24, 2.45) is 10.4 Å². The number of hydrogen-bond donors (Lipinski definition) is 2. The summed E-state index contributed by atoms with van der Waals surface area (Å²) in [7, 11) is 0. The Morgan fingerprint density at radius 2 is 2.43 bits per heavy atom. The molecule has 0 amide bonds. The molecule has 0 aliphatic carbocycles. The number of nitrogens with zero attached hydrogens (tertiary/aromatic N) is 3. The van der Waals surface area contributed by atoms with Crippen molar-refractivity contribution in [3.8, 4) is 0 Å². The van der Waals surface area contributed by atoms with E-state index in [1.165, 1.54) is 24.1 Å². The molecule has 0 aromatic carbocycles. The van der Waals surface area contributed by atoms with Gasteiger partial charge in [0.2, 0.25) is 0 Å². The number of aliphatic imine (C=N–C) groups is 1. The summed E-state index contributed by atoms with van der Waals surface area (Å²) in [4.78, 5) is 7.26. The lowest BCUT2D eigenvalue weighted by Gasteiger charge is -2.25. The van der Waals surface area contributed by atoms with Crippen molar-refractivity contribution in [3.63, 3.8) is 0 Å². The van der Waals surface area contributed by atoms with E-state index < -0.39 is 0 Å². The Hall–Kier alpha value is -1.56. The molecule has 3 heterocycles. The van der Waals surface area contributed by atoms with Gasteiger partial charge < -0.3 is 15.0 Å². The highest BCUT2D eigenvalue weighted by atomic mass is 16.5. The normalized spacial score (nSPS) is 24.8. The molecule has 1 atom stereocenters. The number of hydrogen-bond acceptors (Lipinski definition) is 3. The van der Waals surface area contributed by atoms with Crippen LogP contribution in [0.15, 0.2) is 11.2 Å². The zero-order valence-electron chi connectivity index (χ0n) is 14.4. The van der Waals surface area contributed by atoms with Crippen LogP contribution in [0.2, 0.25) is 0 Å². The van der Waals surface area contributed by atoms with Crippen LogP contribution >= 0.6 is 0 Å². The van der Waals surface area contributed by atoms with Gasteiger partial charge in [0, 0.05) is 43.9 Å². The predicted octanol–water partition coefficient (Wildman–Crippen LogP) is 1.73. The summed E-state index contributed by atoms with van der Waals surface area (Å²) >= 11 is 0. The quantitative estimate of drug-likeness (QED) is 0.493. The van der Waals surface area contributed by atoms with E-state index in [1.807, 2.05) is 6.20 Å². The molecule has 0 bridgehead atoms. The van der Waals surface area contributed by atoms with Crippen LogP contribution in [-0.4, -0.2) is 60.4 Å². The third-order valence-corrected chi connectivity index (χ3v) is 5.06. The minimum Gasteiger partial charge on any atom is -0.381 e. The molecule has 0 radical (unpaired) electrons. The molecule has 2 aliphatic heterocycles. The monoisotopic (exact) mass is 319 g/mol. The van der Waals surface area contributed by atoms with Crippen molar-refractivity contribution >= 4 is 5.96 Å². The topological polar surface area (TPSA) is 65.5 Å². The lowest BCUT2D eigenvalue weighted by atomic mass is 9.87. The lowest BCUT2D eigenvalue weighted by Crippen LogP contribution is -2.41. The lowest BCUT2D eigenvalue weighted by molar-refractivity contribution is 0.156. The highest BCUT2D eigenvalue weighted by molar-refractivity contribution is 5.80. The van der Waals surface area contributed by atoms with Crippen molar-refractivity contribution in [2.45, 2.75) is 39.5 Å². The Kier molecular flexibility index (Phi) is 5.20. The maximum Gasteiger partial charge on any atom is 0.193 e. The number of guanidine groups is 1. The molecule has 2 N–H and O–H groups in total. The highest BCUT2D eigenvalue weighted by Crippen LogP contribution is 2.38.